The van der Waals surface area contributed by atoms with E-state index in [2.05, 4.69) is 33.1 Å². The van der Waals surface area contributed by atoms with Crippen LogP contribution in [0.2, 0.25) is 0 Å². The van der Waals surface area contributed by atoms with Gasteiger partial charge in [0.2, 0.25) is 0 Å². The molecule has 1 aromatic rings. The van der Waals surface area contributed by atoms with Crippen molar-refractivity contribution in [3.05, 3.63) is 28.5 Å². The lowest BCUT2D eigenvalue weighted by atomic mass is 10.0. The zero-order valence-electron chi connectivity index (χ0n) is 13.5. The minimum atomic E-state index is -0.347. The first-order valence-electron chi connectivity index (χ1n) is 8.15. The highest BCUT2D eigenvalue weighted by atomic mass is 79.9. The molecule has 1 amide bonds. The van der Waals surface area contributed by atoms with Crippen LogP contribution in [0, 0.1) is 5.82 Å². The quantitative estimate of drug-likeness (QED) is 0.730. The van der Waals surface area contributed by atoms with Crippen molar-refractivity contribution in [3.63, 3.8) is 0 Å². The average molecular weight is 387 g/mol. The molecule has 128 valence electrons. The minimum absolute atomic E-state index is 0.0651. The van der Waals surface area contributed by atoms with Crippen LogP contribution in [0.3, 0.4) is 0 Å². The van der Waals surface area contributed by atoms with Gasteiger partial charge < -0.3 is 15.0 Å². The van der Waals surface area contributed by atoms with Crippen molar-refractivity contribution in [2.75, 3.05) is 26.2 Å². The van der Waals surface area contributed by atoms with Crippen LogP contribution in [0.15, 0.2) is 22.7 Å². The van der Waals surface area contributed by atoms with Gasteiger partial charge in [0.05, 0.1) is 4.47 Å². The summed E-state index contributed by atoms with van der Waals surface area (Å²) in [6, 6.07) is 4.77. The number of hydrogen-bond acceptors (Lipinski definition) is 3. The summed E-state index contributed by atoms with van der Waals surface area (Å²) in [5, 5.41) is 2.86. The Hall–Kier alpha value is -1.14. The van der Waals surface area contributed by atoms with Gasteiger partial charge in [-0.1, -0.05) is 6.42 Å². The fourth-order valence-electron chi connectivity index (χ4n) is 2.79. The van der Waals surface area contributed by atoms with Crippen LogP contribution in [0.5, 0.6) is 5.75 Å². The molecule has 1 aromatic carbocycles. The van der Waals surface area contributed by atoms with Crippen molar-refractivity contribution in [3.8, 4) is 5.75 Å². The van der Waals surface area contributed by atoms with Crippen molar-refractivity contribution in [1.29, 1.82) is 0 Å². The summed E-state index contributed by atoms with van der Waals surface area (Å²) in [6.45, 7) is 5.04. The SMILES string of the molecule is C[C@H]1CCCCN1CCCNC(=O)COc1ccc(F)cc1Br. The van der Waals surface area contributed by atoms with Crippen LogP contribution in [0.1, 0.15) is 32.6 Å². The van der Waals surface area contributed by atoms with E-state index in [1.54, 1.807) is 0 Å². The van der Waals surface area contributed by atoms with E-state index in [1.807, 2.05) is 0 Å². The Morgan fingerprint density at radius 2 is 2.30 bits per heavy atom. The van der Waals surface area contributed by atoms with E-state index >= 15 is 0 Å². The Morgan fingerprint density at radius 3 is 3.04 bits per heavy atom. The molecule has 0 unspecified atom stereocenters. The largest absolute Gasteiger partial charge is 0.483 e. The molecule has 1 heterocycles. The van der Waals surface area contributed by atoms with Crippen LogP contribution in [0.4, 0.5) is 4.39 Å². The maximum Gasteiger partial charge on any atom is 0.257 e. The molecule has 1 fully saturated rings. The molecule has 1 atom stereocenters. The Bertz CT molecular complexity index is 527. The van der Waals surface area contributed by atoms with Crippen LogP contribution in [-0.4, -0.2) is 43.1 Å². The third-order valence-corrected chi connectivity index (χ3v) is 4.76. The molecule has 0 bridgehead atoms. The van der Waals surface area contributed by atoms with E-state index < -0.39 is 0 Å². The molecule has 23 heavy (non-hydrogen) atoms. The van der Waals surface area contributed by atoms with Crippen LogP contribution >= 0.6 is 15.9 Å². The van der Waals surface area contributed by atoms with Gasteiger partial charge >= 0.3 is 0 Å². The van der Waals surface area contributed by atoms with Crippen LogP contribution in [0.25, 0.3) is 0 Å². The summed E-state index contributed by atoms with van der Waals surface area (Å²) in [4.78, 5) is 14.3. The summed E-state index contributed by atoms with van der Waals surface area (Å²) >= 11 is 3.21. The van der Waals surface area contributed by atoms with Crippen molar-refractivity contribution in [2.45, 2.75) is 38.6 Å². The zero-order valence-corrected chi connectivity index (χ0v) is 15.1. The van der Waals surface area contributed by atoms with Crippen molar-refractivity contribution in [1.82, 2.24) is 10.2 Å². The van der Waals surface area contributed by atoms with Gasteiger partial charge in [0.15, 0.2) is 6.61 Å². The Balaban J connectivity index is 1.61. The number of rotatable bonds is 7. The van der Waals surface area contributed by atoms with Gasteiger partial charge in [-0.3, -0.25) is 4.79 Å². The lowest BCUT2D eigenvalue weighted by molar-refractivity contribution is -0.123. The second-order valence-corrected chi connectivity index (χ2v) is 6.80. The Labute approximate surface area is 145 Å². The number of ether oxygens (including phenoxy) is 1. The summed E-state index contributed by atoms with van der Waals surface area (Å²) in [5.41, 5.74) is 0. The van der Waals surface area contributed by atoms with E-state index in [9.17, 15) is 9.18 Å². The smallest absolute Gasteiger partial charge is 0.257 e. The molecule has 0 aromatic heterocycles. The van der Waals surface area contributed by atoms with Crippen LogP contribution < -0.4 is 10.1 Å². The molecule has 2 rings (SSSR count). The van der Waals surface area contributed by atoms with Gasteiger partial charge in [0, 0.05) is 19.1 Å². The highest BCUT2D eigenvalue weighted by Gasteiger charge is 2.17. The van der Waals surface area contributed by atoms with Gasteiger partial charge in [-0.05, 0) is 66.9 Å². The maximum atomic E-state index is 13.0. The van der Waals surface area contributed by atoms with E-state index in [-0.39, 0.29) is 18.3 Å². The van der Waals surface area contributed by atoms with E-state index in [1.165, 1.54) is 37.5 Å². The monoisotopic (exact) mass is 386 g/mol. The number of carbonyl (C=O) groups is 1. The maximum absolute atomic E-state index is 13.0. The van der Waals surface area contributed by atoms with Gasteiger partial charge in [0.1, 0.15) is 11.6 Å². The second kappa shape index (κ2) is 9.23. The van der Waals surface area contributed by atoms with Crippen molar-refractivity contribution < 1.29 is 13.9 Å². The first-order chi connectivity index (χ1) is 11.1. The molecule has 1 saturated heterocycles. The number of hydrogen-bond donors (Lipinski definition) is 1. The summed E-state index contributed by atoms with van der Waals surface area (Å²) < 4.78 is 18.8. The van der Waals surface area contributed by atoms with E-state index in [0.29, 0.717) is 22.8 Å². The molecule has 4 nitrogen and oxygen atoms in total. The Kier molecular flexibility index (Phi) is 7.30. The molecule has 0 saturated carbocycles. The van der Waals surface area contributed by atoms with Crippen molar-refractivity contribution in [2.24, 2.45) is 0 Å². The minimum Gasteiger partial charge on any atom is -0.483 e. The lowest BCUT2D eigenvalue weighted by Crippen LogP contribution is -2.39. The number of carbonyl (C=O) groups excluding carboxylic acids is 1. The fraction of sp³-hybridized carbons (Fsp3) is 0.588. The first kappa shape index (κ1) is 18.2. The number of halogens is 2. The van der Waals surface area contributed by atoms with E-state index in [0.717, 1.165) is 19.5 Å². The van der Waals surface area contributed by atoms with Crippen LogP contribution in [-0.2, 0) is 4.79 Å². The number of nitrogens with one attached hydrogen (secondary N) is 1. The van der Waals surface area contributed by atoms with Gasteiger partial charge in [0.25, 0.3) is 5.91 Å². The molecule has 0 aliphatic carbocycles. The molecule has 1 aliphatic heterocycles. The highest BCUT2D eigenvalue weighted by molar-refractivity contribution is 9.10. The third kappa shape index (κ3) is 6.11. The van der Waals surface area contributed by atoms with Gasteiger partial charge in [-0.2, -0.15) is 0 Å². The standard InChI is InChI=1S/C17H24BrFN2O2/c1-13-5-2-3-9-21(13)10-4-8-20-17(22)12-23-16-7-6-14(19)11-15(16)18/h6-7,11,13H,2-5,8-10,12H2,1H3,(H,20,22)/t13-/m0/s1. The van der Waals surface area contributed by atoms with Crippen molar-refractivity contribution >= 4 is 21.8 Å². The molecular formula is C17H24BrFN2O2. The summed E-state index contributed by atoms with van der Waals surface area (Å²) in [6.07, 6.45) is 4.81. The highest BCUT2D eigenvalue weighted by Crippen LogP contribution is 2.25. The number of likely N-dealkylation sites (tertiary alicyclic amines) is 1. The predicted octanol–water partition coefficient (Wildman–Crippen LogP) is 3.35. The third-order valence-electron chi connectivity index (χ3n) is 4.14. The normalized spacial score (nSPS) is 18.7. The van der Waals surface area contributed by atoms with Gasteiger partial charge in [-0.15, -0.1) is 0 Å². The lowest BCUT2D eigenvalue weighted by Gasteiger charge is -2.33. The van der Waals surface area contributed by atoms with E-state index in [4.69, 9.17) is 4.74 Å². The molecule has 1 aliphatic rings. The molecule has 1 N–H and O–H groups in total. The molecule has 0 radical (unpaired) electrons. The number of benzene rings is 1. The Morgan fingerprint density at radius 1 is 1.48 bits per heavy atom. The zero-order chi connectivity index (χ0) is 16.7. The molecular weight excluding hydrogens is 363 g/mol. The topological polar surface area (TPSA) is 41.6 Å². The molecule has 6 heteroatoms. The average Bonchev–Trinajstić information content (AvgIpc) is 2.52. The number of nitrogens with zero attached hydrogens (tertiary/aromatic N) is 1. The predicted molar refractivity (Wildman–Crippen MR) is 92.1 cm³/mol. The summed E-state index contributed by atoms with van der Waals surface area (Å²) in [7, 11) is 0. The second-order valence-electron chi connectivity index (χ2n) is 5.95. The fourth-order valence-corrected chi connectivity index (χ4v) is 3.25. The molecule has 0 spiro atoms. The number of amides is 1. The van der Waals surface area contributed by atoms with Gasteiger partial charge in [-0.25, -0.2) is 4.39 Å². The number of piperidine rings is 1. The first-order valence-corrected chi connectivity index (χ1v) is 8.94. The summed E-state index contributed by atoms with van der Waals surface area (Å²) in [5.74, 6) is -0.0442.